The van der Waals surface area contributed by atoms with Crippen molar-refractivity contribution in [2.24, 2.45) is 5.73 Å². The van der Waals surface area contributed by atoms with Gasteiger partial charge in [0.05, 0.1) is 15.9 Å². The monoisotopic (exact) mass is 437 g/mol. The Hall–Kier alpha value is -4.03. The summed E-state index contributed by atoms with van der Waals surface area (Å²) in [5, 5.41) is 27.7. The molecule has 0 unspecified atom stereocenters. The fourth-order valence-corrected chi connectivity index (χ4v) is 3.66. The smallest absolute Gasteiger partial charge is 0.269 e. The van der Waals surface area contributed by atoms with Crippen LogP contribution in [0, 0.1) is 28.4 Å². The molecule has 0 saturated carbocycles. The van der Waals surface area contributed by atoms with Crippen LogP contribution in [-0.4, -0.2) is 15.1 Å². The lowest BCUT2D eigenvalue weighted by Gasteiger charge is -2.24. The topological polar surface area (TPSA) is 140 Å². The average molecular weight is 438 g/mol. The Morgan fingerprint density at radius 1 is 1.35 bits per heavy atom. The molecule has 1 atom stereocenters. The van der Waals surface area contributed by atoms with Crippen LogP contribution in [0.15, 0.2) is 53.9 Å². The molecule has 31 heavy (non-hydrogen) atoms. The second-order valence-corrected chi connectivity index (χ2v) is 7.30. The van der Waals surface area contributed by atoms with Gasteiger partial charge in [0.15, 0.2) is 0 Å². The van der Waals surface area contributed by atoms with Crippen molar-refractivity contribution in [2.75, 3.05) is 0 Å². The molecule has 0 spiro atoms. The molecule has 4 rings (SSSR count). The number of hydrogen-bond acceptors (Lipinski definition) is 7. The number of nitriles is 1. The van der Waals surface area contributed by atoms with E-state index >= 15 is 0 Å². The molecule has 1 aromatic heterocycles. The van der Waals surface area contributed by atoms with Crippen molar-refractivity contribution in [3.8, 4) is 17.7 Å². The summed E-state index contributed by atoms with van der Waals surface area (Å²) in [5.41, 5.74) is 9.19. The van der Waals surface area contributed by atoms with E-state index < -0.39 is 10.8 Å². The Morgan fingerprint density at radius 3 is 2.74 bits per heavy atom. The number of hydrogen-bond donors (Lipinski definition) is 2. The molecule has 1 aliphatic rings. The first-order chi connectivity index (χ1) is 14.9. The Morgan fingerprint density at radius 2 is 2.10 bits per heavy atom. The summed E-state index contributed by atoms with van der Waals surface area (Å²) in [6.45, 7) is 2.03. The van der Waals surface area contributed by atoms with Crippen molar-refractivity contribution in [2.45, 2.75) is 19.4 Å². The van der Waals surface area contributed by atoms with Gasteiger partial charge in [0.2, 0.25) is 11.8 Å². The summed E-state index contributed by atoms with van der Waals surface area (Å²) in [4.78, 5) is 10.3. The molecule has 0 fully saturated rings. The van der Waals surface area contributed by atoms with E-state index in [-0.39, 0.29) is 23.8 Å². The van der Waals surface area contributed by atoms with Crippen LogP contribution in [0.4, 0.5) is 5.69 Å². The number of nitrogens with two attached hydrogens (primary N) is 1. The quantitative estimate of drug-likeness (QED) is 0.452. The third-order valence-electron chi connectivity index (χ3n) is 4.96. The average Bonchev–Trinajstić information content (AvgIpc) is 3.12. The molecule has 3 aromatic rings. The molecule has 10 heteroatoms. The maximum atomic E-state index is 10.8. The molecule has 9 nitrogen and oxygen atoms in total. The number of aromatic amines is 1. The van der Waals surface area contributed by atoms with Crippen molar-refractivity contribution < 1.29 is 14.4 Å². The summed E-state index contributed by atoms with van der Waals surface area (Å²) in [7, 11) is 0. The van der Waals surface area contributed by atoms with Gasteiger partial charge in [-0.25, -0.2) is 0 Å². The fourth-order valence-electron chi connectivity index (χ4n) is 3.42. The van der Waals surface area contributed by atoms with Crippen LogP contribution in [0.1, 0.15) is 28.3 Å². The largest absolute Gasteiger partial charge is 0.487 e. The summed E-state index contributed by atoms with van der Waals surface area (Å²) in [6.07, 6.45) is 0. The van der Waals surface area contributed by atoms with Crippen molar-refractivity contribution in [3.63, 3.8) is 0 Å². The fraction of sp³-hybridized carbons (Fsp3) is 0.143. The van der Waals surface area contributed by atoms with Gasteiger partial charge < -0.3 is 15.2 Å². The number of benzene rings is 2. The Kier molecular flexibility index (Phi) is 5.23. The third-order valence-corrected chi connectivity index (χ3v) is 5.26. The highest BCUT2D eigenvalue weighted by Crippen LogP contribution is 2.43. The van der Waals surface area contributed by atoms with Crippen molar-refractivity contribution in [3.05, 3.63) is 91.4 Å². The van der Waals surface area contributed by atoms with Crippen LogP contribution in [0.2, 0.25) is 5.02 Å². The Bertz CT molecular complexity index is 1240. The number of aryl methyl sites for hydroxylation is 1. The Balaban J connectivity index is 1.59. The number of fused-ring (bicyclic) bond motifs is 1. The lowest BCUT2D eigenvalue weighted by atomic mass is 9.84. The lowest BCUT2D eigenvalue weighted by molar-refractivity contribution is -0.384. The zero-order valence-electron chi connectivity index (χ0n) is 16.3. The third kappa shape index (κ3) is 3.76. The van der Waals surface area contributed by atoms with Crippen LogP contribution < -0.4 is 15.2 Å². The maximum absolute atomic E-state index is 10.8. The van der Waals surface area contributed by atoms with Crippen molar-refractivity contribution in [1.29, 1.82) is 5.26 Å². The van der Waals surface area contributed by atoms with E-state index in [1.54, 1.807) is 30.3 Å². The number of nitrogens with one attached hydrogen (secondary N) is 1. The number of ether oxygens (including phenoxy) is 2. The van der Waals surface area contributed by atoms with Crippen LogP contribution in [0.3, 0.4) is 0 Å². The molecular weight excluding hydrogens is 422 g/mol. The predicted octanol–water partition coefficient (Wildman–Crippen LogP) is 4.08. The van der Waals surface area contributed by atoms with Gasteiger partial charge in [-0.3, -0.25) is 15.2 Å². The number of nitrogens with zero attached hydrogens (tertiary/aromatic N) is 3. The molecule has 0 aliphatic carbocycles. The zero-order chi connectivity index (χ0) is 22.1. The number of H-pyrrole nitrogens is 1. The highest BCUT2D eigenvalue weighted by atomic mass is 35.5. The van der Waals surface area contributed by atoms with Crippen LogP contribution in [0.5, 0.6) is 11.6 Å². The minimum atomic E-state index is -0.478. The molecule has 0 saturated heterocycles. The van der Waals surface area contributed by atoms with Gasteiger partial charge in [0, 0.05) is 23.4 Å². The molecule has 0 bridgehead atoms. The molecule has 0 radical (unpaired) electrons. The van der Waals surface area contributed by atoms with Crippen LogP contribution in [0.25, 0.3) is 0 Å². The van der Waals surface area contributed by atoms with E-state index in [0.717, 1.165) is 22.4 Å². The van der Waals surface area contributed by atoms with E-state index in [1.165, 1.54) is 12.1 Å². The van der Waals surface area contributed by atoms with Gasteiger partial charge in [-0.05, 0) is 42.3 Å². The summed E-state index contributed by atoms with van der Waals surface area (Å²) >= 11 is 6.45. The highest BCUT2D eigenvalue weighted by Gasteiger charge is 2.34. The van der Waals surface area contributed by atoms with Crippen LogP contribution in [-0.2, 0) is 6.61 Å². The first-order valence-electron chi connectivity index (χ1n) is 9.17. The molecule has 1 aliphatic heterocycles. The van der Waals surface area contributed by atoms with Gasteiger partial charge in [-0.2, -0.15) is 5.26 Å². The zero-order valence-corrected chi connectivity index (χ0v) is 17.0. The first kappa shape index (κ1) is 20.3. The van der Waals surface area contributed by atoms with Gasteiger partial charge in [0.1, 0.15) is 24.0 Å². The number of non-ortho nitro benzene ring substituents is 1. The molecule has 2 aromatic carbocycles. The molecule has 3 N–H and O–H groups in total. The second-order valence-electron chi connectivity index (χ2n) is 6.89. The second kappa shape index (κ2) is 8.01. The number of allylic oxidation sites excluding steroid dienone is 1. The molecular formula is C21H16ClN5O4. The number of nitro groups is 1. The number of nitro benzene ring substituents is 1. The van der Waals surface area contributed by atoms with E-state index in [0.29, 0.717) is 16.7 Å². The summed E-state index contributed by atoms with van der Waals surface area (Å²) in [5.74, 6) is 0.291. The minimum Gasteiger partial charge on any atom is -0.487 e. The van der Waals surface area contributed by atoms with E-state index in [2.05, 4.69) is 16.3 Å². The Labute approximate surface area is 181 Å². The van der Waals surface area contributed by atoms with Crippen LogP contribution >= 0.6 is 11.6 Å². The summed E-state index contributed by atoms with van der Waals surface area (Å²) in [6, 6.07) is 13.4. The van der Waals surface area contributed by atoms with Gasteiger partial charge >= 0.3 is 0 Å². The molecule has 2 heterocycles. The van der Waals surface area contributed by atoms with E-state index in [4.69, 9.17) is 26.8 Å². The predicted molar refractivity (Wildman–Crippen MR) is 112 cm³/mol. The van der Waals surface area contributed by atoms with Crippen molar-refractivity contribution >= 4 is 17.3 Å². The van der Waals surface area contributed by atoms with Crippen molar-refractivity contribution in [1.82, 2.24) is 10.2 Å². The lowest BCUT2D eigenvalue weighted by Crippen LogP contribution is -2.21. The number of aromatic nitrogens is 2. The summed E-state index contributed by atoms with van der Waals surface area (Å²) < 4.78 is 11.2. The number of rotatable bonds is 5. The first-order valence-corrected chi connectivity index (χ1v) is 9.55. The highest BCUT2D eigenvalue weighted by molar-refractivity contribution is 6.32. The van der Waals surface area contributed by atoms with E-state index in [1.807, 2.05) is 6.92 Å². The molecule has 156 valence electrons. The van der Waals surface area contributed by atoms with Gasteiger partial charge in [-0.1, -0.05) is 17.7 Å². The minimum absolute atomic E-state index is 0.00104. The standard InChI is InChI=1S/C21H16ClN5O4/c1-11-18-19(15(9-23)20(24)31-21(18)26-25-11)13-4-7-17(16(22)8-13)30-10-12-2-5-14(6-3-12)27(28)29/h2-8,19H,10,24H2,1H3,(H,25,26)/t19-/m1/s1. The van der Waals surface area contributed by atoms with Gasteiger partial charge in [0.25, 0.3) is 5.69 Å². The SMILES string of the molecule is Cc1[nH]nc2c1[C@H](c1ccc(OCc3ccc([N+](=O)[O-])cc3)c(Cl)c1)C(C#N)=C(N)O2. The van der Waals surface area contributed by atoms with Gasteiger partial charge in [-0.15, -0.1) is 5.10 Å². The van der Waals surface area contributed by atoms with E-state index in [9.17, 15) is 15.4 Å². The molecule has 0 amide bonds. The number of halogens is 1. The maximum Gasteiger partial charge on any atom is 0.269 e. The normalized spacial score (nSPS) is 15.1.